The summed E-state index contributed by atoms with van der Waals surface area (Å²) in [5, 5.41) is 14.2. The van der Waals surface area contributed by atoms with Gasteiger partial charge in [-0.05, 0) is 31.0 Å². The van der Waals surface area contributed by atoms with E-state index in [1.54, 1.807) is 12.1 Å². The number of ether oxygens (including phenoxy) is 1. The second-order valence-corrected chi connectivity index (χ2v) is 4.53. The highest BCUT2D eigenvalue weighted by molar-refractivity contribution is 5.63. The average Bonchev–Trinajstić information content (AvgIpc) is 2.49. The first-order valence-electron chi connectivity index (χ1n) is 6.89. The molecule has 110 valence electrons. The molecule has 0 spiro atoms. The van der Waals surface area contributed by atoms with Crippen LogP contribution in [0.2, 0.25) is 0 Å². The molecule has 0 aliphatic heterocycles. The number of rotatable bonds is 7. The number of nitrogens with zero attached hydrogens (tertiary/aromatic N) is 1. The molecule has 0 saturated carbocycles. The van der Waals surface area contributed by atoms with Crippen LogP contribution in [-0.2, 0) is 6.42 Å². The molecule has 21 heavy (non-hydrogen) atoms. The van der Waals surface area contributed by atoms with E-state index in [-0.39, 0.29) is 5.69 Å². The van der Waals surface area contributed by atoms with Gasteiger partial charge in [-0.25, -0.2) is 0 Å². The normalized spacial score (nSPS) is 10.1. The van der Waals surface area contributed by atoms with Crippen molar-refractivity contribution in [3.05, 3.63) is 64.2 Å². The maximum absolute atomic E-state index is 11.1. The van der Waals surface area contributed by atoms with Crippen LogP contribution in [0.4, 0.5) is 11.4 Å². The highest BCUT2D eigenvalue weighted by atomic mass is 16.6. The van der Waals surface area contributed by atoms with Gasteiger partial charge in [-0.3, -0.25) is 10.1 Å². The Hall–Kier alpha value is -2.56. The molecular formula is C16H18N2O3. The first kappa shape index (κ1) is 14.8. The second-order valence-electron chi connectivity index (χ2n) is 4.53. The molecule has 0 atom stereocenters. The van der Waals surface area contributed by atoms with Crippen molar-refractivity contribution in [1.29, 1.82) is 0 Å². The molecule has 0 radical (unpaired) electrons. The minimum atomic E-state index is -0.395. The molecule has 0 amide bonds. The smallest absolute Gasteiger partial charge is 0.296 e. The zero-order chi connectivity index (χ0) is 15.1. The van der Waals surface area contributed by atoms with Gasteiger partial charge in [-0.15, -0.1) is 0 Å². The van der Waals surface area contributed by atoms with Crippen LogP contribution in [0.1, 0.15) is 12.5 Å². The van der Waals surface area contributed by atoms with Crippen LogP contribution in [0.3, 0.4) is 0 Å². The van der Waals surface area contributed by atoms with Gasteiger partial charge >= 0.3 is 0 Å². The Morgan fingerprint density at radius 1 is 1.19 bits per heavy atom. The van der Waals surface area contributed by atoms with Crippen LogP contribution in [0.15, 0.2) is 48.5 Å². The second kappa shape index (κ2) is 7.28. The van der Waals surface area contributed by atoms with E-state index in [4.69, 9.17) is 4.74 Å². The number of nitrogens with one attached hydrogen (secondary N) is 1. The van der Waals surface area contributed by atoms with E-state index in [0.717, 1.165) is 6.42 Å². The minimum absolute atomic E-state index is 0.0361. The van der Waals surface area contributed by atoms with Crippen molar-refractivity contribution >= 4 is 11.4 Å². The van der Waals surface area contributed by atoms with E-state index in [9.17, 15) is 10.1 Å². The molecule has 5 nitrogen and oxygen atoms in total. The van der Waals surface area contributed by atoms with Gasteiger partial charge in [0.05, 0.1) is 17.6 Å². The highest BCUT2D eigenvalue weighted by Gasteiger charge is 2.14. The minimum Gasteiger partial charge on any atom is -0.494 e. The third kappa shape index (κ3) is 4.21. The predicted molar refractivity (Wildman–Crippen MR) is 82.9 cm³/mol. The van der Waals surface area contributed by atoms with Crippen LogP contribution < -0.4 is 10.1 Å². The van der Waals surface area contributed by atoms with Crippen molar-refractivity contribution in [3.8, 4) is 5.75 Å². The lowest BCUT2D eigenvalue weighted by atomic mass is 10.1. The van der Waals surface area contributed by atoms with Gasteiger partial charge in [-0.2, -0.15) is 0 Å². The number of anilines is 1. The lowest BCUT2D eigenvalue weighted by Crippen LogP contribution is -2.07. The molecule has 0 aromatic heterocycles. The first-order chi connectivity index (χ1) is 10.2. The van der Waals surface area contributed by atoms with E-state index < -0.39 is 4.92 Å². The van der Waals surface area contributed by atoms with Crippen LogP contribution >= 0.6 is 0 Å². The summed E-state index contributed by atoms with van der Waals surface area (Å²) in [6, 6.07) is 14.9. The summed E-state index contributed by atoms with van der Waals surface area (Å²) in [6.45, 7) is 2.97. The van der Waals surface area contributed by atoms with Gasteiger partial charge in [0.2, 0.25) is 0 Å². The average molecular weight is 286 g/mol. The molecule has 5 heteroatoms. The molecule has 0 aliphatic rings. The number of hydrogen-bond donors (Lipinski definition) is 1. The highest BCUT2D eigenvalue weighted by Crippen LogP contribution is 2.29. The van der Waals surface area contributed by atoms with Gasteiger partial charge in [0.15, 0.2) is 0 Å². The fraction of sp³-hybridized carbons (Fsp3) is 0.250. The maximum atomic E-state index is 11.1. The summed E-state index contributed by atoms with van der Waals surface area (Å²) in [4.78, 5) is 10.7. The van der Waals surface area contributed by atoms with E-state index in [0.29, 0.717) is 24.6 Å². The lowest BCUT2D eigenvalue weighted by molar-refractivity contribution is -0.384. The zero-order valence-electron chi connectivity index (χ0n) is 11.9. The Labute approximate surface area is 123 Å². The fourth-order valence-electron chi connectivity index (χ4n) is 2.05. The molecule has 0 heterocycles. The molecule has 1 N–H and O–H groups in total. The third-order valence-electron chi connectivity index (χ3n) is 3.05. The number of nitro benzene ring substituents is 1. The SMILES string of the molecule is CCOc1ccc(NCCc2ccccc2)c([N+](=O)[O-])c1. The molecule has 2 rings (SSSR count). The summed E-state index contributed by atoms with van der Waals surface area (Å²) in [6.07, 6.45) is 0.811. The summed E-state index contributed by atoms with van der Waals surface area (Å²) in [5.41, 5.74) is 1.74. The molecule has 0 fully saturated rings. The summed E-state index contributed by atoms with van der Waals surface area (Å²) < 4.78 is 5.29. The zero-order valence-corrected chi connectivity index (χ0v) is 11.9. The third-order valence-corrected chi connectivity index (χ3v) is 3.05. The summed E-state index contributed by atoms with van der Waals surface area (Å²) in [5.74, 6) is 0.512. The first-order valence-corrected chi connectivity index (χ1v) is 6.89. The Kier molecular flexibility index (Phi) is 5.15. The summed E-state index contributed by atoms with van der Waals surface area (Å²) >= 11 is 0. The molecule has 0 saturated heterocycles. The van der Waals surface area contributed by atoms with Gasteiger partial charge < -0.3 is 10.1 Å². The van der Waals surface area contributed by atoms with Crippen LogP contribution in [0.25, 0.3) is 0 Å². The monoisotopic (exact) mass is 286 g/mol. The van der Waals surface area contributed by atoms with E-state index in [2.05, 4.69) is 5.32 Å². The van der Waals surface area contributed by atoms with Crippen LogP contribution in [0.5, 0.6) is 5.75 Å². The van der Waals surface area contributed by atoms with Crippen molar-refractivity contribution in [2.75, 3.05) is 18.5 Å². The Morgan fingerprint density at radius 3 is 2.62 bits per heavy atom. The van der Waals surface area contributed by atoms with Crippen LogP contribution in [0, 0.1) is 10.1 Å². The van der Waals surface area contributed by atoms with Gasteiger partial charge in [0.25, 0.3) is 5.69 Å². The van der Waals surface area contributed by atoms with Gasteiger partial charge in [0, 0.05) is 6.54 Å². The molecule has 0 bridgehead atoms. The molecular weight excluding hydrogens is 268 g/mol. The Balaban J connectivity index is 2.03. The topological polar surface area (TPSA) is 64.4 Å². The maximum Gasteiger partial charge on any atom is 0.296 e. The summed E-state index contributed by atoms with van der Waals surface area (Å²) in [7, 11) is 0. The van der Waals surface area contributed by atoms with Crippen molar-refractivity contribution in [2.45, 2.75) is 13.3 Å². The van der Waals surface area contributed by atoms with Crippen molar-refractivity contribution in [3.63, 3.8) is 0 Å². The largest absolute Gasteiger partial charge is 0.494 e. The lowest BCUT2D eigenvalue weighted by Gasteiger charge is -2.09. The predicted octanol–water partition coefficient (Wildman–Crippen LogP) is 3.65. The van der Waals surface area contributed by atoms with Crippen LogP contribution in [-0.4, -0.2) is 18.1 Å². The molecule has 2 aromatic rings. The van der Waals surface area contributed by atoms with E-state index >= 15 is 0 Å². The van der Waals surface area contributed by atoms with E-state index in [1.807, 2.05) is 37.3 Å². The number of hydrogen-bond acceptors (Lipinski definition) is 4. The Morgan fingerprint density at radius 2 is 1.95 bits per heavy atom. The van der Waals surface area contributed by atoms with E-state index in [1.165, 1.54) is 11.6 Å². The molecule has 2 aromatic carbocycles. The standard InChI is InChI=1S/C16H18N2O3/c1-2-21-14-8-9-15(16(12-14)18(19)20)17-11-10-13-6-4-3-5-7-13/h3-9,12,17H,2,10-11H2,1H3. The Bertz CT molecular complexity index is 600. The van der Waals surface area contributed by atoms with Crippen molar-refractivity contribution in [1.82, 2.24) is 0 Å². The van der Waals surface area contributed by atoms with Gasteiger partial charge in [0.1, 0.15) is 11.4 Å². The number of benzene rings is 2. The van der Waals surface area contributed by atoms with Crippen molar-refractivity contribution in [2.24, 2.45) is 0 Å². The fourth-order valence-corrected chi connectivity index (χ4v) is 2.05. The van der Waals surface area contributed by atoms with Crippen molar-refractivity contribution < 1.29 is 9.66 Å². The number of nitro groups is 1. The molecule has 0 unspecified atom stereocenters. The van der Waals surface area contributed by atoms with Gasteiger partial charge in [-0.1, -0.05) is 30.3 Å². The molecule has 0 aliphatic carbocycles. The quantitative estimate of drug-likeness (QED) is 0.623.